The maximum Gasteiger partial charge on any atom is 0.251 e. The van der Waals surface area contributed by atoms with E-state index in [1.807, 2.05) is 41.2 Å². The minimum absolute atomic E-state index is 0.0274. The van der Waals surface area contributed by atoms with Gasteiger partial charge in [0.15, 0.2) is 0 Å². The van der Waals surface area contributed by atoms with Crippen molar-refractivity contribution < 1.29 is 9.59 Å². The summed E-state index contributed by atoms with van der Waals surface area (Å²) in [6.07, 6.45) is 4.65. The molecule has 1 heterocycles. The van der Waals surface area contributed by atoms with Gasteiger partial charge in [0.05, 0.1) is 6.54 Å². The number of amides is 2. The Labute approximate surface area is 205 Å². The molecule has 2 amide bonds. The molecule has 5 rings (SSSR count). The molecule has 1 fully saturated rings. The van der Waals surface area contributed by atoms with E-state index in [9.17, 15) is 9.59 Å². The summed E-state index contributed by atoms with van der Waals surface area (Å²) in [5.41, 5.74) is 5.56. The molecule has 1 aliphatic carbocycles. The molecule has 6 heteroatoms. The van der Waals surface area contributed by atoms with Gasteiger partial charge in [-0.1, -0.05) is 61.5 Å². The monoisotopic (exact) mass is 464 g/mol. The molecule has 2 N–H and O–H groups in total. The molecule has 0 bridgehead atoms. The largest absolute Gasteiger partial charge is 0.348 e. The lowest BCUT2D eigenvalue weighted by atomic mass is 9.98. The molecular formula is C29H28N4O2. The van der Waals surface area contributed by atoms with Crippen molar-refractivity contribution in [2.45, 2.75) is 26.4 Å². The molecule has 1 aliphatic rings. The molecule has 3 aromatic carbocycles. The third kappa shape index (κ3) is 5.49. The highest BCUT2D eigenvalue weighted by molar-refractivity contribution is 5.98. The summed E-state index contributed by atoms with van der Waals surface area (Å²) in [5, 5.41) is 10.2. The first-order valence-electron chi connectivity index (χ1n) is 11.9. The Hall–Kier alpha value is -4.19. The van der Waals surface area contributed by atoms with Gasteiger partial charge in [-0.25, -0.2) is 0 Å². The summed E-state index contributed by atoms with van der Waals surface area (Å²) in [7, 11) is 0. The van der Waals surface area contributed by atoms with Gasteiger partial charge in [-0.15, -0.1) is 0 Å². The van der Waals surface area contributed by atoms with E-state index in [1.165, 1.54) is 5.56 Å². The van der Waals surface area contributed by atoms with E-state index >= 15 is 0 Å². The van der Waals surface area contributed by atoms with Gasteiger partial charge < -0.3 is 10.6 Å². The van der Waals surface area contributed by atoms with Crippen LogP contribution in [0, 0.1) is 11.8 Å². The van der Waals surface area contributed by atoms with Crippen LogP contribution in [-0.4, -0.2) is 21.6 Å². The van der Waals surface area contributed by atoms with Crippen LogP contribution < -0.4 is 10.6 Å². The molecule has 0 aliphatic heterocycles. The fourth-order valence-corrected chi connectivity index (χ4v) is 4.26. The zero-order valence-electron chi connectivity index (χ0n) is 19.6. The first kappa shape index (κ1) is 22.6. The molecule has 35 heavy (non-hydrogen) atoms. The minimum atomic E-state index is -0.176. The normalized spacial score (nSPS) is 16.5. The van der Waals surface area contributed by atoms with E-state index < -0.39 is 0 Å². The fraction of sp³-hybridized carbons (Fsp3) is 0.207. The number of carbonyl (C=O) groups is 2. The molecule has 176 valence electrons. The topological polar surface area (TPSA) is 76.0 Å². The molecule has 1 aromatic heterocycles. The molecule has 0 radical (unpaired) electrons. The van der Waals surface area contributed by atoms with Crippen LogP contribution in [0.5, 0.6) is 0 Å². The molecule has 6 nitrogen and oxygen atoms in total. The maximum absolute atomic E-state index is 12.9. The predicted octanol–water partition coefficient (Wildman–Crippen LogP) is 5.12. The van der Waals surface area contributed by atoms with Crippen molar-refractivity contribution in [3.05, 3.63) is 108 Å². The quantitative estimate of drug-likeness (QED) is 0.380. The Morgan fingerprint density at radius 3 is 2.54 bits per heavy atom. The van der Waals surface area contributed by atoms with Crippen molar-refractivity contribution in [2.24, 2.45) is 11.8 Å². The van der Waals surface area contributed by atoms with Crippen LogP contribution >= 0.6 is 0 Å². The Balaban J connectivity index is 1.24. The number of anilines is 1. The Morgan fingerprint density at radius 2 is 1.80 bits per heavy atom. The highest BCUT2D eigenvalue weighted by Crippen LogP contribution is 2.38. The smallest absolute Gasteiger partial charge is 0.251 e. The lowest BCUT2D eigenvalue weighted by molar-refractivity contribution is -0.117. The van der Waals surface area contributed by atoms with Crippen molar-refractivity contribution in [2.75, 3.05) is 5.32 Å². The Bertz CT molecular complexity index is 1330. The van der Waals surface area contributed by atoms with Gasteiger partial charge in [0, 0.05) is 36.1 Å². The maximum atomic E-state index is 12.9. The average Bonchev–Trinajstić information content (AvgIpc) is 3.40. The van der Waals surface area contributed by atoms with Crippen molar-refractivity contribution >= 4 is 17.5 Å². The van der Waals surface area contributed by atoms with E-state index in [1.54, 1.807) is 24.4 Å². The van der Waals surface area contributed by atoms with Crippen LogP contribution in [0.15, 0.2) is 91.3 Å². The second-order valence-electron chi connectivity index (χ2n) is 9.13. The summed E-state index contributed by atoms with van der Waals surface area (Å²) in [4.78, 5) is 25.1. The van der Waals surface area contributed by atoms with E-state index in [-0.39, 0.29) is 17.7 Å². The van der Waals surface area contributed by atoms with E-state index in [0.29, 0.717) is 23.7 Å². The van der Waals surface area contributed by atoms with Crippen molar-refractivity contribution in [1.29, 1.82) is 0 Å². The number of hydrogen-bond acceptors (Lipinski definition) is 3. The predicted molar refractivity (Wildman–Crippen MR) is 137 cm³/mol. The zero-order chi connectivity index (χ0) is 24.2. The molecule has 2 unspecified atom stereocenters. The standard InChI is InChI=1S/C29H28N4O2/c1-20-16-27(20)29(35)32-25-8-4-7-23(17-25)28(34)30-18-24-6-2-3-9-26(24)22-12-10-21(11-13-22)19-33-15-5-14-31-33/h2-15,17,20,27H,16,18-19H2,1H3,(H,30,34)(H,32,35). The molecule has 1 saturated carbocycles. The van der Waals surface area contributed by atoms with Crippen LogP contribution in [-0.2, 0) is 17.9 Å². The second kappa shape index (κ2) is 9.97. The first-order chi connectivity index (χ1) is 17.1. The number of nitrogens with one attached hydrogen (secondary N) is 2. The second-order valence-corrected chi connectivity index (χ2v) is 9.13. The summed E-state index contributed by atoms with van der Waals surface area (Å²) in [6.45, 7) is 3.20. The number of nitrogens with zero attached hydrogens (tertiary/aromatic N) is 2. The Kier molecular flexibility index (Phi) is 6.44. The highest BCUT2D eigenvalue weighted by atomic mass is 16.2. The molecule has 0 saturated heterocycles. The molecular weight excluding hydrogens is 436 g/mol. The third-order valence-corrected chi connectivity index (χ3v) is 6.46. The highest BCUT2D eigenvalue weighted by Gasteiger charge is 2.39. The van der Waals surface area contributed by atoms with E-state index in [0.717, 1.165) is 29.7 Å². The van der Waals surface area contributed by atoms with Gasteiger partial charge in [-0.2, -0.15) is 5.10 Å². The molecule has 2 atom stereocenters. The minimum Gasteiger partial charge on any atom is -0.348 e. The van der Waals surface area contributed by atoms with Crippen LogP contribution in [0.4, 0.5) is 5.69 Å². The summed E-state index contributed by atoms with van der Waals surface area (Å²) >= 11 is 0. The van der Waals surface area contributed by atoms with Gasteiger partial charge in [0.2, 0.25) is 5.91 Å². The number of aromatic nitrogens is 2. The summed E-state index contributed by atoms with van der Waals surface area (Å²) in [5.74, 6) is 0.377. The summed E-state index contributed by atoms with van der Waals surface area (Å²) in [6, 6.07) is 25.5. The van der Waals surface area contributed by atoms with Gasteiger partial charge >= 0.3 is 0 Å². The SMILES string of the molecule is CC1CC1C(=O)Nc1cccc(C(=O)NCc2ccccc2-c2ccc(Cn3cccn3)cc2)c1. The average molecular weight is 465 g/mol. The van der Waals surface area contributed by atoms with Gasteiger partial charge in [-0.05, 0) is 58.9 Å². The van der Waals surface area contributed by atoms with Crippen molar-refractivity contribution in [3.8, 4) is 11.1 Å². The van der Waals surface area contributed by atoms with Crippen LogP contribution in [0.25, 0.3) is 11.1 Å². The first-order valence-corrected chi connectivity index (χ1v) is 11.9. The zero-order valence-corrected chi connectivity index (χ0v) is 19.6. The number of rotatable bonds is 8. The lowest BCUT2D eigenvalue weighted by Gasteiger charge is -2.12. The number of carbonyl (C=O) groups excluding carboxylic acids is 2. The van der Waals surface area contributed by atoms with E-state index in [4.69, 9.17) is 0 Å². The molecule has 0 spiro atoms. The van der Waals surface area contributed by atoms with Crippen LogP contribution in [0.3, 0.4) is 0 Å². The van der Waals surface area contributed by atoms with Crippen LogP contribution in [0.2, 0.25) is 0 Å². The van der Waals surface area contributed by atoms with E-state index in [2.05, 4.69) is 53.0 Å². The van der Waals surface area contributed by atoms with Gasteiger partial charge in [0.25, 0.3) is 5.91 Å². The van der Waals surface area contributed by atoms with Crippen LogP contribution in [0.1, 0.15) is 34.8 Å². The van der Waals surface area contributed by atoms with Gasteiger partial charge in [0.1, 0.15) is 0 Å². The fourth-order valence-electron chi connectivity index (χ4n) is 4.26. The van der Waals surface area contributed by atoms with Gasteiger partial charge in [-0.3, -0.25) is 14.3 Å². The lowest BCUT2D eigenvalue weighted by Crippen LogP contribution is -2.23. The van der Waals surface area contributed by atoms with Crippen molar-refractivity contribution in [3.63, 3.8) is 0 Å². The molecule has 4 aromatic rings. The Morgan fingerprint density at radius 1 is 1.00 bits per heavy atom. The third-order valence-electron chi connectivity index (χ3n) is 6.46. The van der Waals surface area contributed by atoms with Crippen molar-refractivity contribution in [1.82, 2.24) is 15.1 Å². The number of benzene rings is 3. The number of hydrogen-bond donors (Lipinski definition) is 2. The summed E-state index contributed by atoms with van der Waals surface area (Å²) < 4.78 is 1.89.